The molecule has 0 spiro atoms. The largest absolute Gasteiger partial charge is 0.365 e. The first-order valence-corrected chi connectivity index (χ1v) is 9.84. The first-order valence-electron chi connectivity index (χ1n) is 8.29. The number of nitrogens with zero attached hydrogens (tertiary/aromatic N) is 3. The van der Waals surface area contributed by atoms with E-state index in [0.29, 0.717) is 31.0 Å². The van der Waals surface area contributed by atoms with Crippen molar-refractivity contribution in [2.24, 2.45) is 5.14 Å². The van der Waals surface area contributed by atoms with Gasteiger partial charge in [0.15, 0.2) is 0 Å². The number of hydrogen-bond donors (Lipinski definition) is 3. The molecule has 1 atom stereocenters. The molecule has 11 nitrogen and oxygen atoms in total. The van der Waals surface area contributed by atoms with Crippen LogP contribution in [-0.2, 0) is 10.0 Å². The molecule has 1 saturated heterocycles. The van der Waals surface area contributed by atoms with Crippen molar-refractivity contribution in [3.05, 3.63) is 52.6 Å². The Bertz CT molecular complexity index is 1010. The van der Waals surface area contributed by atoms with Gasteiger partial charge in [-0.15, -0.1) is 0 Å². The average molecular weight is 406 g/mol. The topological polar surface area (TPSA) is 161 Å². The summed E-state index contributed by atoms with van der Waals surface area (Å²) in [6.07, 6.45) is 0.634. The number of nitro groups is 1. The van der Waals surface area contributed by atoms with Crippen LogP contribution in [0.1, 0.15) is 6.42 Å². The Balaban J connectivity index is 1.59. The predicted octanol–water partition coefficient (Wildman–Crippen LogP) is 1.04. The van der Waals surface area contributed by atoms with Crippen LogP contribution in [-0.4, -0.2) is 43.5 Å². The van der Waals surface area contributed by atoms with Gasteiger partial charge in [-0.3, -0.25) is 0 Å². The Morgan fingerprint density at radius 3 is 2.75 bits per heavy atom. The van der Waals surface area contributed by atoms with Crippen LogP contribution >= 0.6 is 0 Å². The van der Waals surface area contributed by atoms with Crippen LogP contribution in [0.25, 0.3) is 0 Å². The third kappa shape index (κ3) is 4.72. The monoisotopic (exact) mass is 406 g/mol. The number of nitrogens with two attached hydrogens (primary N) is 1. The zero-order valence-corrected chi connectivity index (χ0v) is 15.4. The van der Waals surface area contributed by atoms with Gasteiger partial charge in [0, 0.05) is 37.0 Å². The molecular weight excluding hydrogens is 388 g/mol. The molecule has 148 valence electrons. The maximum atomic E-state index is 12.2. The Morgan fingerprint density at radius 2 is 2.04 bits per heavy atom. The standard InChI is InChI=1S/C16H18N6O5S/c17-28(26,27)13-4-1-3-11(9-13)18-16(23)19-12-7-8-21(10-12)14-5-2-6-15(20-14)22(24)25/h1-6,9,12H,7-8,10H2,(H2,17,26,27)(H2,18,19,23)/t12-/m0/s1. The highest BCUT2D eigenvalue weighted by Gasteiger charge is 2.27. The lowest BCUT2D eigenvalue weighted by molar-refractivity contribution is -0.389. The highest BCUT2D eigenvalue weighted by Crippen LogP contribution is 2.21. The fraction of sp³-hybridized carbons (Fsp3) is 0.250. The quantitative estimate of drug-likeness (QED) is 0.494. The summed E-state index contributed by atoms with van der Waals surface area (Å²) in [5, 5.41) is 21.3. The van der Waals surface area contributed by atoms with E-state index in [1.165, 1.54) is 24.3 Å². The molecule has 2 aromatic rings. The summed E-state index contributed by atoms with van der Waals surface area (Å²) < 4.78 is 22.8. The number of rotatable bonds is 5. The number of urea groups is 1. The van der Waals surface area contributed by atoms with Crippen LogP contribution in [0.2, 0.25) is 0 Å². The van der Waals surface area contributed by atoms with E-state index >= 15 is 0 Å². The highest BCUT2D eigenvalue weighted by molar-refractivity contribution is 7.89. The van der Waals surface area contributed by atoms with Crippen molar-refractivity contribution in [1.29, 1.82) is 0 Å². The van der Waals surface area contributed by atoms with Gasteiger partial charge in [-0.2, -0.15) is 0 Å². The van der Waals surface area contributed by atoms with Crippen LogP contribution in [0, 0.1) is 10.1 Å². The summed E-state index contributed by atoms with van der Waals surface area (Å²) in [4.78, 5) is 28.2. The molecule has 1 fully saturated rings. The lowest BCUT2D eigenvalue weighted by atomic mass is 10.3. The number of amides is 2. The second-order valence-electron chi connectivity index (χ2n) is 6.21. The summed E-state index contributed by atoms with van der Waals surface area (Å²) in [5.74, 6) is 0.237. The number of benzene rings is 1. The molecule has 1 aliphatic rings. The summed E-state index contributed by atoms with van der Waals surface area (Å²) >= 11 is 0. The molecule has 0 unspecified atom stereocenters. The van der Waals surface area contributed by atoms with Gasteiger partial charge in [-0.1, -0.05) is 6.07 Å². The van der Waals surface area contributed by atoms with Gasteiger partial charge in [0.05, 0.1) is 4.90 Å². The second-order valence-corrected chi connectivity index (χ2v) is 7.78. The molecule has 1 aromatic carbocycles. The van der Waals surface area contributed by atoms with Gasteiger partial charge >= 0.3 is 11.8 Å². The minimum absolute atomic E-state index is 0.103. The molecule has 2 heterocycles. The van der Waals surface area contributed by atoms with Gasteiger partial charge < -0.3 is 25.6 Å². The summed E-state index contributed by atoms with van der Waals surface area (Å²) in [7, 11) is -3.86. The summed E-state index contributed by atoms with van der Waals surface area (Å²) in [5.41, 5.74) is 0.291. The number of carbonyl (C=O) groups is 1. The van der Waals surface area contributed by atoms with E-state index in [0.717, 1.165) is 0 Å². The van der Waals surface area contributed by atoms with Crippen molar-refractivity contribution in [3.8, 4) is 0 Å². The van der Waals surface area contributed by atoms with Crippen LogP contribution < -0.4 is 20.7 Å². The second kappa shape index (κ2) is 7.78. The predicted molar refractivity (Wildman–Crippen MR) is 101 cm³/mol. The van der Waals surface area contributed by atoms with Crippen LogP contribution in [0.3, 0.4) is 0 Å². The maximum Gasteiger partial charge on any atom is 0.365 e. The summed E-state index contributed by atoms with van der Waals surface area (Å²) in [6, 6.07) is 9.48. The number of nitrogens with one attached hydrogen (secondary N) is 2. The fourth-order valence-electron chi connectivity index (χ4n) is 2.88. The lowest BCUT2D eigenvalue weighted by Crippen LogP contribution is -2.39. The average Bonchev–Trinajstić information content (AvgIpc) is 3.09. The Kier molecular flexibility index (Phi) is 5.42. The number of hydrogen-bond acceptors (Lipinski definition) is 7. The molecule has 4 N–H and O–H groups in total. The minimum Gasteiger partial charge on any atom is -0.358 e. The molecule has 0 bridgehead atoms. The van der Waals surface area contributed by atoms with Gasteiger partial charge in [0.25, 0.3) is 0 Å². The van der Waals surface area contributed by atoms with Gasteiger partial charge in [-0.25, -0.2) is 18.4 Å². The number of primary sulfonamides is 1. The zero-order chi connectivity index (χ0) is 20.3. The van der Waals surface area contributed by atoms with E-state index < -0.39 is 21.0 Å². The number of sulfonamides is 1. The van der Waals surface area contributed by atoms with E-state index in [-0.39, 0.29) is 16.8 Å². The van der Waals surface area contributed by atoms with E-state index in [2.05, 4.69) is 15.6 Å². The highest BCUT2D eigenvalue weighted by atomic mass is 32.2. The molecule has 12 heteroatoms. The first-order chi connectivity index (χ1) is 13.2. The van der Waals surface area contributed by atoms with E-state index in [4.69, 9.17) is 5.14 Å². The third-order valence-electron chi connectivity index (χ3n) is 4.17. The molecule has 2 amide bonds. The van der Waals surface area contributed by atoms with E-state index in [9.17, 15) is 23.3 Å². The van der Waals surface area contributed by atoms with Crippen LogP contribution in [0.15, 0.2) is 47.4 Å². The Hall–Kier alpha value is -3.25. The molecule has 0 saturated carbocycles. The van der Waals surface area contributed by atoms with Crippen molar-refractivity contribution < 1.29 is 18.1 Å². The molecule has 0 radical (unpaired) electrons. The number of pyridine rings is 1. The number of aromatic nitrogens is 1. The SMILES string of the molecule is NS(=O)(=O)c1cccc(NC(=O)N[C@H]2CCN(c3cccc([N+](=O)[O-])n3)C2)c1. The van der Waals surface area contributed by atoms with Crippen LogP contribution in [0.5, 0.6) is 0 Å². The zero-order valence-electron chi connectivity index (χ0n) is 14.6. The van der Waals surface area contributed by atoms with Crippen molar-refractivity contribution >= 4 is 33.4 Å². The van der Waals surface area contributed by atoms with Crippen molar-refractivity contribution in [3.63, 3.8) is 0 Å². The molecule has 1 aliphatic heterocycles. The van der Waals surface area contributed by atoms with Gasteiger partial charge in [0.1, 0.15) is 0 Å². The molecular formula is C16H18N6O5S. The fourth-order valence-corrected chi connectivity index (χ4v) is 3.44. The number of anilines is 2. The normalized spacial score (nSPS) is 16.6. The first kappa shape index (κ1) is 19.5. The van der Waals surface area contributed by atoms with Gasteiger partial charge in [0.2, 0.25) is 15.8 Å². The molecule has 1 aromatic heterocycles. The molecule has 0 aliphatic carbocycles. The Morgan fingerprint density at radius 1 is 1.29 bits per heavy atom. The van der Waals surface area contributed by atoms with Crippen molar-refractivity contribution in [1.82, 2.24) is 10.3 Å². The lowest BCUT2D eigenvalue weighted by Gasteiger charge is -2.16. The molecule has 3 rings (SSSR count). The minimum atomic E-state index is -3.86. The Labute approximate surface area is 160 Å². The van der Waals surface area contributed by atoms with E-state index in [1.807, 2.05) is 4.90 Å². The van der Waals surface area contributed by atoms with Crippen molar-refractivity contribution in [2.75, 3.05) is 23.3 Å². The third-order valence-corrected chi connectivity index (χ3v) is 5.09. The van der Waals surface area contributed by atoms with Crippen molar-refractivity contribution in [2.45, 2.75) is 17.4 Å². The van der Waals surface area contributed by atoms with Crippen LogP contribution in [0.4, 0.5) is 22.1 Å². The summed E-state index contributed by atoms with van der Waals surface area (Å²) in [6.45, 7) is 1.03. The molecule has 28 heavy (non-hydrogen) atoms. The van der Waals surface area contributed by atoms with Gasteiger partial charge in [-0.05, 0) is 40.6 Å². The van der Waals surface area contributed by atoms with E-state index in [1.54, 1.807) is 18.2 Å². The maximum absolute atomic E-state index is 12.2. The smallest absolute Gasteiger partial charge is 0.358 e. The number of carbonyl (C=O) groups excluding carboxylic acids is 1.